The highest BCUT2D eigenvalue weighted by Crippen LogP contribution is 2.28. The Morgan fingerprint density at radius 3 is 2.88 bits per heavy atom. The predicted octanol–water partition coefficient (Wildman–Crippen LogP) is 3.70. The fourth-order valence-corrected chi connectivity index (χ4v) is 4.03. The number of hydrogen-bond acceptors (Lipinski definition) is 4. The summed E-state index contributed by atoms with van der Waals surface area (Å²) >= 11 is 1.69. The van der Waals surface area contributed by atoms with Crippen LogP contribution in [0.5, 0.6) is 5.75 Å². The molecule has 2 aromatic rings. The van der Waals surface area contributed by atoms with Crippen LogP contribution in [0, 0.1) is 18.3 Å². The summed E-state index contributed by atoms with van der Waals surface area (Å²) in [5.41, 5.74) is 2.03. The van der Waals surface area contributed by atoms with Crippen molar-refractivity contribution in [2.24, 2.45) is 0 Å². The maximum Gasteiger partial charge on any atom is 0.252 e. The van der Waals surface area contributed by atoms with Gasteiger partial charge in [0.05, 0.1) is 6.07 Å². The van der Waals surface area contributed by atoms with Crippen LogP contribution in [0.1, 0.15) is 27.9 Å². The molecule has 25 heavy (non-hydrogen) atoms. The van der Waals surface area contributed by atoms with E-state index in [4.69, 9.17) is 4.74 Å². The van der Waals surface area contributed by atoms with Gasteiger partial charge in [0.25, 0.3) is 5.91 Å². The standard InChI is InChI=1S/C20H20N2O2S/c1-15-4-2-5-16(10-15)12-24-18-7-3-6-17(11-18)19(23)22-20(13-21)8-9-25-14-20/h2-7,10-11H,8-9,12,14H2,1H3,(H,22,23). The highest BCUT2D eigenvalue weighted by atomic mass is 32.2. The zero-order valence-corrected chi connectivity index (χ0v) is 14.9. The lowest BCUT2D eigenvalue weighted by Gasteiger charge is -2.21. The lowest BCUT2D eigenvalue weighted by atomic mass is 10.0. The van der Waals surface area contributed by atoms with Crippen molar-refractivity contribution in [1.29, 1.82) is 5.26 Å². The Kier molecular flexibility index (Phi) is 5.30. The van der Waals surface area contributed by atoms with E-state index in [0.29, 0.717) is 30.1 Å². The highest BCUT2D eigenvalue weighted by molar-refractivity contribution is 7.99. The molecule has 0 radical (unpaired) electrons. The number of ether oxygens (including phenoxy) is 1. The van der Waals surface area contributed by atoms with Crippen LogP contribution in [0.4, 0.5) is 0 Å². The summed E-state index contributed by atoms with van der Waals surface area (Å²) in [4.78, 5) is 12.5. The van der Waals surface area contributed by atoms with E-state index in [-0.39, 0.29) is 5.91 Å². The van der Waals surface area contributed by atoms with E-state index in [0.717, 1.165) is 11.3 Å². The second-order valence-corrected chi connectivity index (χ2v) is 7.36. The van der Waals surface area contributed by atoms with E-state index < -0.39 is 5.54 Å². The second kappa shape index (κ2) is 7.62. The van der Waals surface area contributed by atoms with Crippen LogP contribution in [0.2, 0.25) is 0 Å². The van der Waals surface area contributed by atoms with E-state index in [1.54, 1.807) is 30.0 Å². The molecule has 2 aromatic carbocycles. The lowest BCUT2D eigenvalue weighted by Crippen LogP contribution is -2.47. The highest BCUT2D eigenvalue weighted by Gasteiger charge is 2.36. The number of rotatable bonds is 5. The summed E-state index contributed by atoms with van der Waals surface area (Å²) in [6, 6.07) is 17.5. The summed E-state index contributed by atoms with van der Waals surface area (Å²) in [7, 11) is 0. The van der Waals surface area contributed by atoms with Crippen molar-refractivity contribution < 1.29 is 9.53 Å². The van der Waals surface area contributed by atoms with Crippen LogP contribution in [-0.4, -0.2) is 23.0 Å². The van der Waals surface area contributed by atoms with Gasteiger partial charge < -0.3 is 10.1 Å². The van der Waals surface area contributed by atoms with E-state index in [1.165, 1.54) is 5.56 Å². The molecule has 1 aliphatic heterocycles. The smallest absolute Gasteiger partial charge is 0.252 e. The Morgan fingerprint density at radius 2 is 2.16 bits per heavy atom. The number of nitrogens with one attached hydrogen (secondary N) is 1. The second-order valence-electron chi connectivity index (χ2n) is 6.26. The maximum atomic E-state index is 12.5. The molecule has 1 aliphatic rings. The van der Waals surface area contributed by atoms with Gasteiger partial charge in [0, 0.05) is 11.3 Å². The first-order valence-electron chi connectivity index (χ1n) is 8.20. The quantitative estimate of drug-likeness (QED) is 0.891. The van der Waals surface area contributed by atoms with Crippen molar-refractivity contribution in [2.45, 2.75) is 25.5 Å². The van der Waals surface area contributed by atoms with Crippen molar-refractivity contribution in [3.63, 3.8) is 0 Å². The normalized spacial score (nSPS) is 19.2. The molecule has 1 fully saturated rings. The van der Waals surface area contributed by atoms with Crippen LogP contribution in [0.25, 0.3) is 0 Å². The fourth-order valence-electron chi connectivity index (χ4n) is 2.76. The molecular formula is C20H20N2O2S. The monoisotopic (exact) mass is 352 g/mol. The summed E-state index contributed by atoms with van der Waals surface area (Å²) in [5.74, 6) is 1.94. The molecule has 1 saturated heterocycles. The van der Waals surface area contributed by atoms with E-state index in [1.807, 2.05) is 31.2 Å². The number of aryl methyl sites for hydroxylation is 1. The minimum atomic E-state index is -0.750. The number of nitriles is 1. The number of nitrogens with zero attached hydrogens (tertiary/aromatic N) is 1. The SMILES string of the molecule is Cc1cccc(COc2cccc(C(=O)NC3(C#N)CCSC3)c2)c1. The fraction of sp³-hybridized carbons (Fsp3) is 0.300. The third kappa shape index (κ3) is 4.34. The van der Waals surface area contributed by atoms with E-state index in [9.17, 15) is 10.1 Å². The van der Waals surface area contributed by atoms with Gasteiger partial charge in [-0.3, -0.25) is 4.79 Å². The van der Waals surface area contributed by atoms with Crippen LogP contribution in [0.15, 0.2) is 48.5 Å². The molecule has 0 aliphatic carbocycles. The first kappa shape index (κ1) is 17.4. The van der Waals surface area contributed by atoms with Crippen molar-refractivity contribution in [3.05, 3.63) is 65.2 Å². The van der Waals surface area contributed by atoms with E-state index in [2.05, 4.69) is 17.5 Å². The van der Waals surface area contributed by atoms with Gasteiger partial charge in [-0.05, 0) is 42.9 Å². The molecule has 0 spiro atoms. The topological polar surface area (TPSA) is 62.1 Å². The minimum absolute atomic E-state index is 0.231. The molecule has 4 nitrogen and oxygen atoms in total. The Labute approximate surface area is 152 Å². The van der Waals surface area contributed by atoms with Gasteiger partial charge in [-0.2, -0.15) is 17.0 Å². The van der Waals surface area contributed by atoms with Crippen molar-refractivity contribution in [2.75, 3.05) is 11.5 Å². The number of carbonyl (C=O) groups is 1. The Bertz CT molecular complexity index is 807. The molecule has 1 heterocycles. The van der Waals surface area contributed by atoms with Gasteiger partial charge in [0.15, 0.2) is 0 Å². The van der Waals surface area contributed by atoms with Gasteiger partial charge >= 0.3 is 0 Å². The average molecular weight is 352 g/mol. The Balaban J connectivity index is 1.66. The van der Waals surface area contributed by atoms with Crippen molar-refractivity contribution in [3.8, 4) is 11.8 Å². The molecule has 3 rings (SSSR count). The van der Waals surface area contributed by atoms with Crippen LogP contribution in [0.3, 0.4) is 0 Å². The van der Waals surface area contributed by atoms with Gasteiger partial charge in [-0.1, -0.05) is 35.9 Å². The predicted molar refractivity (Wildman–Crippen MR) is 99.7 cm³/mol. The van der Waals surface area contributed by atoms with Gasteiger partial charge in [0.2, 0.25) is 0 Å². The molecule has 1 amide bonds. The molecule has 128 valence electrons. The maximum absolute atomic E-state index is 12.5. The molecule has 1 N–H and O–H groups in total. The first-order valence-corrected chi connectivity index (χ1v) is 9.36. The Morgan fingerprint density at radius 1 is 1.32 bits per heavy atom. The molecule has 0 saturated carbocycles. The minimum Gasteiger partial charge on any atom is -0.489 e. The van der Waals surface area contributed by atoms with Crippen molar-refractivity contribution >= 4 is 17.7 Å². The molecule has 5 heteroatoms. The largest absolute Gasteiger partial charge is 0.489 e. The number of amides is 1. The van der Waals surface area contributed by atoms with E-state index >= 15 is 0 Å². The number of benzene rings is 2. The molecule has 1 atom stereocenters. The zero-order valence-electron chi connectivity index (χ0n) is 14.1. The van der Waals surface area contributed by atoms with Gasteiger partial charge in [0.1, 0.15) is 17.9 Å². The number of hydrogen-bond donors (Lipinski definition) is 1. The number of carbonyl (C=O) groups excluding carboxylic acids is 1. The molecular weight excluding hydrogens is 332 g/mol. The third-order valence-electron chi connectivity index (χ3n) is 4.17. The van der Waals surface area contributed by atoms with Crippen LogP contribution >= 0.6 is 11.8 Å². The van der Waals surface area contributed by atoms with Crippen LogP contribution < -0.4 is 10.1 Å². The van der Waals surface area contributed by atoms with Gasteiger partial charge in [-0.15, -0.1) is 0 Å². The average Bonchev–Trinajstić information content (AvgIpc) is 3.09. The zero-order chi connectivity index (χ0) is 17.7. The van der Waals surface area contributed by atoms with Crippen molar-refractivity contribution in [1.82, 2.24) is 5.32 Å². The lowest BCUT2D eigenvalue weighted by molar-refractivity contribution is 0.0925. The summed E-state index contributed by atoms with van der Waals surface area (Å²) in [6.45, 7) is 2.49. The van der Waals surface area contributed by atoms with Crippen LogP contribution in [-0.2, 0) is 6.61 Å². The number of thioether (sulfide) groups is 1. The summed E-state index contributed by atoms with van der Waals surface area (Å²) in [6.07, 6.45) is 0.684. The molecule has 1 unspecified atom stereocenters. The summed E-state index contributed by atoms with van der Waals surface area (Å²) in [5, 5.41) is 12.3. The first-order chi connectivity index (χ1) is 12.1. The van der Waals surface area contributed by atoms with Gasteiger partial charge in [-0.25, -0.2) is 0 Å². The third-order valence-corrected chi connectivity index (χ3v) is 5.36. The summed E-state index contributed by atoms with van der Waals surface area (Å²) < 4.78 is 5.81. The Hall–Kier alpha value is -2.45. The molecule has 0 bridgehead atoms. The molecule has 0 aromatic heterocycles.